The van der Waals surface area contributed by atoms with Gasteiger partial charge in [-0.1, -0.05) is 64.1 Å². The molecule has 5 rings (SSSR count). The first-order valence-electron chi connectivity index (χ1n) is 26.0. The Kier molecular flexibility index (Phi) is 25.8. The minimum Gasteiger partial charge on any atom is -0.508 e. The number of hydrogen-bond donors (Lipinski definition) is 16. The maximum Gasteiger partial charge on any atom is 0.246 e. The van der Waals surface area contributed by atoms with Crippen molar-refractivity contribution in [1.82, 2.24) is 42.1 Å². The molecule has 3 aliphatic heterocycles. The number of rotatable bonds is 20. The van der Waals surface area contributed by atoms with Gasteiger partial charge in [0.15, 0.2) is 12.2 Å². The van der Waals surface area contributed by atoms with Gasteiger partial charge in [0.1, 0.15) is 72.5 Å². The van der Waals surface area contributed by atoms with Crippen LogP contribution < -0.4 is 60.2 Å². The van der Waals surface area contributed by atoms with Crippen LogP contribution in [0.3, 0.4) is 0 Å². The number of hydrogen-bond acceptors (Lipinski definition) is 20. The molecule has 0 spiro atoms. The first-order chi connectivity index (χ1) is 39.0. The molecule has 10 amide bonds. The summed E-state index contributed by atoms with van der Waals surface area (Å²) in [6.45, 7) is -2.33. The molecule has 3 fully saturated rings. The summed E-state index contributed by atoms with van der Waals surface area (Å²) >= 11 is 0. The van der Waals surface area contributed by atoms with Gasteiger partial charge in [-0.2, -0.15) is 0 Å². The number of aliphatic hydroxyl groups is 4. The number of benzene rings is 2. The van der Waals surface area contributed by atoms with Crippen LogP contribution in [0.25, 0.3) is 0 Å². The highest BCUT2D eigenvalue weighted by Crippen LogP contribution is 2.27. The summed E-state index contributed by atoms with van der Waals surface area (Å²) in [7, 11) is 2.11. The van der Waals surface area contributed by atoms with Gasteiger partial charge in [0.25, 0.3) is 0 Å². The van der Waals surface area contributed by atoms with Gasteiger partial charge in [0, 0.05) is 43.9 Å². The van der Waals surface area contributed by atoms with Gasteiger partial charge < -0.3 is 100 Å². The van der Waals surface area contributed by atoms with Crippen LogP contribution in [0, 0.1) is 0 Å². The normalized spacial score (nSPS) is 26.5. The number of phenolic OH excluding ortho intramolecular Hbond substituents is 1. The highest BCUT2D eigenvalue weighted by Gasteiger charge is 2.45. The van der Waals surface area contributed by atoms with Gasteiger partial charge in [0.05, 0.1) is 26.2 Å². The van der Waals surface area contributed by atoms with E-state index in [0.717, 1.165) is 21.6 Å². The summed E-state index contributed by atoms with van der Waals surface area (Å²) in [5, 5.41) is 69.2. The zero-order valence-corrected chi connectivity index (χ0v) is 46.0. The smallest absolute Gasteiger partial charge is 0.246 e. The minimum absolute atomic E-state index is 0.0176. The van der Waals surface area contributed by atoms with E-state index >= 15 is 0 Å². The van der Waals surface area contributed by atoms with Crippen molar-refractivity contribution in [2.75, 3.05) is 44.4 Å². The minimum atomic E-state index is -1.99. The quantitative estimate of drug-likeness (QED) is 0.0254. The van der Waals surface area contributed by atoms with Gasteiger partial charge in [-0.3, -0.25) is 52.9 Å². The average Bonchev–Trinajstić information content (AvgIpc) is 4.14. The monoisotopic (exact) mass is 1190 g/mol. The Morgan fingerprint density at radius 3 is 2.04 bits per heavy atom. The third-order valence-electron chi connectivity index (χ3n) is 13.1. The Bertz CT molecular complexity index is 2590. The lowest BCUT2D eigenvalue weighted by Crippen LogP contribution is -2.62. The topological polar surface area (TPSA) is 494 Å². The molecule has 0 unspecified atom stereocenters. The molecule has 0 aromatic heterocycles. The third kappa shape index (κ3) is 20.3. The number of nitrogens with one attached hydrogen (secondary N) is 7. The molecule has 12 atom stereocenters. The largest absolute Gasteiger partial charge is 0.508 e. The van der Waals surface area contributed by atoms with E-state index in [1.165, 1.54) is 29.2 Å². The second-order valence-electron chi connectivity index (χ2n) is 19.4. The average molecular weight is 1190 g/mol. The molecule has 30 nitrogen and oxygen atoms in total. The molecule has 450 valence electrons. The van der Waals surface area contributed by atoms with Crippen molar-refractivity contribution in [2.45, 2.75) is 124 Å². The molecule has 3 heterocycles. The molecular formula is C50H71N13O17S2. The van der Waals surface area contributed by atoms with Gasteiger partial charge in [-0.05, 0) is 48.9 Å². The lowest BCUT2D eigenvalue weighted by Gasteiger charge is -2.40. The maximum atomic E-state index is 14.7. The number of nitrogens with two attached hydrogens (primary N) is 4. The number of aliphatic imine (C=N–C) groups is 1. The zero-order chi connectivity index (χ0) is 60.0. The van der Waals surface area contributed by atoms with E-state index in [2.05, 4.69) is 42.2 Å². The van der Waals surface area contributed by atoms with E-state index in [-0.39, 0.29) is 81.3 Å². The van der Waals surface area contributed by atoms with Gasteiger partial charge in [0.2, 0.25) is 59.1 Å². The van der Waals surface area contributed by atoms with Crippen molar-refractivity contribution in [3.05, 3.63) is 65.7 Å². The van der Waals surface area contributed by atoms with Gasteiger partial charge in [-0.25, -0.2) is 0 Å². The molecule has 3 aliphatic rings. The Morgan fingerprint density at radius 1 is 0.768 bits per heavy atom. The van der Waals surface area contributed by atoms with E-state index in [4.69, 9.17) is 32.4 Å². The van der Waals surface area contributed by atoms with E-state index in [1.54, 1.807) is 30.3 Å². The molecule has 2 aromatic rings. The van der Waals surface area contributed by atoms with Crippen LogP contribution in [0.2, 0.25) is 0 Å². The van der Waals surface area contributed by atoms with E-state index < -0.39 is 158 Å². The van der Waals surface area contributed by atoms with Crippen LogP contribution in [0.1, 0.15) is 49.7 Å². The summed E-state index contributed by atoms with van der Waals surface area (Å²) in [4.78, 5) is 143. The number of nitrogens with zero attached hydrogens (tertiary/aromatic N) is 2. The van der Waals surface area contributed by atoms with Crippen LogP contribution in [0.15, 0.2) is 59.6 Å². The lowest BCUT2D eigenvalue weighted by molar-refractivity contribution is -0.301. The molecule has 0 aliphatic carbocycles. The number of guanidine groups is 1. The number of carbonyl (C=O) groups excluding carboxylic acids is 10. The standard InChI is InChI=1S/C50H71N13O17S2/c51-36(66)20-31-45(75)62-33(48(78)63-16-5-9-34(63)47(77)58-28(8-4-15-55-50(53)54)42(72)56-21-37(52)67)24-82-81-17-14-38(68)57-29(19-26-10-12-27(65)13-11-26)43(73)59-30(18-25-6-2-1-3-7-25)44(74)61-32(46(76)60-31)23-79-49-41(71)40(70)39(69)35(22-64)80-49/h1-3,6-7,10-13,28-35,39-41,49,64-65,69-71H,4-5,8-9,14-24H2,(H2,51,66)(H2,52,67)(H,56,72)(H,57,68)(H,58,77)(H,59,73)(H,60,76)(H,61,74)(H,62,75)(H4,53,54,55)/t28-,29-,30-,31-,32-,33-,34-,35-,39-,40-,41-,49+/m0/s1. The molecule has 3 saturated heterocycles. The van der Waals surface area contributed by atoms with Crippen LogP contribution in [-0.4, -0.2) is 213 Å². The van der Waals surface area contributed by atoms with Gasteiger partial charge >= 0.3 is 0 Å². The van der Waals surface area contributed by atoms with Crippen molar-refractivity contribution >= 4 is 86.6 Å². The van der Waals surface area contributed by atoms with Crippen LogP contribution in [0.5, 0.6) is 5.75 Å². The molecule has 0 bridgehead atoms. The fourth-order valence-corrected chi connectivity index (χ4v) is 11.0. The lowest BCUT2D eigenvalue weighted by atomic mass is 9.99. The summed E-state index contributed by atoms with van der Waals surface area (Å²) in [5.41, 5.74) is 22.7. The Labute approximate surface area is 478 Å². The van der Waals surface area contributed by atoms with Crippen molar-refractivity contribution < 1.29 is 83.0 Å². The molecule has 2 aromatic carbocycles. The van der Waals surface area contributed by atoms with Gasteiger partial charge in [-0.15, -0.1) is 0 Å². The number of amides is 10. The molecule has 0 radical (unpaired) electrons. The number of likely N-dealkylation sites (tertiary alicyclic amines) is 1. The Balaban J connectivity index is 1.50. The predicted molar refractivity (Wildman–Crippen MR) is 293 cm³/mol. The fourth-order valence-electron chi connectivity index (χ4n) is 8.81. The van der Waals surface area contributed by atoms with Crippen molar-refractivity contribution in [2.24, 2.45) is 27.9 Å². The highest BCUT2D eigenvalue weighted by atomic mass is 33.1. The maximum absolute atomic E-state index is 14.7. The second kappa shape index (κ2) is 32.3. The Morgan fingerprint density at radius 2 is 1.39 bits per heavy atom. The summed E-state index contributed by atoms with van der Waals surface area (Å²) in [5.74, 6) is -9.79. The number of ether oxygens (including phenoxy) is 2. The zero-order valence-electron chi connectivity index (χ0n) is 44.4. The molecule has 20 N–H and O–H groups in total. The number of primary amides is 2. The summed E-state index contributed by atoms with van der Waals surface area (Å²) in [6.07, 6.45) is -10.0. The van der Waals surface area contributed by atoms with E-state index in [9.17, 15) is 73.5 Å². The number of aromatic hydroxyl groups is 1. The Hall–Kier alpha value is -7.33. The third-order valence-corrected chi connectivity index (χ3v) is 15.5. The first-order valence-corrected chi connectivity index (χ1v) is 28.5. The molecule has 32 heteroatoms. The fraction of sp³-hybridized carbons (Fsp3) is 0.540. The first kappa shape index (κ1) is 65.5. The second-order valence-corrected chi connectivity index (χ2v) is 22.0. The molecule has 82 heavy (non-hydrogen) atoms. The van der Waals surface area contributed by atoms with Crippen molar-refractivity contribution in [1.29, 1.82) is 0 Å². The predicted octanol–water partition coefficient (Wildman–Crippen LogP) is -6.79. The number of carbonyl (C=O) groups is 10. The van der Waals surface area contributed by atoms with Crippen LogP contribution in [0.4, 0.5) is 0 Å². The molecule has 0 saturated carbocycles. The van der Waals surface area contributed by atoms with Crippen LogP contribution in [-0.2, 0) is 70.3 Å². The van der Waals surface area contributed by atoms with E-state index in [0.29, 0.717) is 11.1 Å². The van der Waals surface area contributed by atoms with Crippen molar-refractivity contribution in [3.63, 3.8) is 0 Å². The SMILES string of the molecule is NC(=O)CNC(=O)[C@H](CCCN=C(N)N)NC(=O)[C@@H]1CCCN1C(=O)[C@@H]1CSSCCC(=O)N[C@@H](Cc2ccc(O)cc2)C(=O)N[C@@H](Cc2ccccc2)C(=O)N[C@@H](CO[C@@H]2O[C@@H](CO)[C@H](O)[C@H](O)[C@@H]2O)C(=O)N[C@@H](CC(N)=O)C(=O)N1. The number of phenols is 1. The summed E-state index contributed by atoms with van der Waals surface area (Å²) < 4.78 is 11.2. The highest BCUT2D eigenvalue weighted by molar-refractivity contribution is 8.76. The summed E-state index contributed by atoms with van der Waals surface area (Å²) in [6, 6.07) is 3.34. The van der Waals surface area contributed by atoms with E-state index in [1.807, 2.05) is 0 Å². The number of aliphatic hydroxyl groups excluding tert-OH is 4. The van der Waals surface area contributed by atoms with Crippen molar-refractivity contribution in [3.8, 4) is 5.75 Å². The molecular weight excluding hydrogens is 1120 g/mol. The van der Waals surface area contributed by atoms with Crippen LogP contribution >= 0.6 is 21.6 Å².